The lowest BCUT2D eigenvalue weighted by Crippen LogP contribution is -2.11. The van der Waals surface area contributed by atoms with Gasteiger partial charge in [0.15, 0.2) is 0 Å². The monoisotopic (exact) mass is 1340 g/mol. The summed E-state index contributed by atoms with van der Waals surface area (Å²) in [6, 6.07) is 148. The van der Waals surface area contributed by atoms with Crippen LogP contribution in [0.2, 0.25) is 0 Å². The van der Waals surface area contributed by atoms with Crippen LogP contribution < -0.4 is 14.7 Å². The summed E-state index contributed by atoms with van der Waals surface area (Å²) in [6.45, 7) is 0. The third-order valence-corrected chi connectivity index (χ3v) is 19.8. The molecule has 0 radical (unpaired) electrons. The zero-order chi connectivity index (χ0) is 70.1. The lowest BCUT2D eigenvalue weighted by atomic mass is 9.78. The van der Waals surface area contributed by atoms with Crippen molar-refractivity contribution in [2.24, 2.45) is 0 Å². The molecule has 0 atom stereocenters. The van der Waals surface area contributed by atoms with Crippen molar-refractivity contribution < 1.29 is 0 Å². The number of hydrogen-bond acceptors (Lipinski definition) is 3. The fourth-order valence-corrected chi connectivity index (χ4v) is 14.7. The molecule has 17 aromatic rings. The molecule has 0 aliphatic carbocycles. The molecule has 0 fully saturated rings. The average molecular weight is 1340 g/mol. The third-order valence-electron chi connectivity index (χ3n) is 19.8. The molecule has 0 unspecified atom stereocenters. The van der Waals surface area contributed by atoms with Crippen molar-refractivity contribution in [3.8, 4) is 44.5 Å². The summed E-state index contributed by atoms with van der Waals surface area (Å²) < 4.78 is 0. The quantitative estimate of drug-likeness (QED) is 0.0747. The average Bonchev–Trinajstić information content (AvgIpc) is 0.717. The summed E-state index contributed by atoms with van der Waals surface area (Å²) >= 11 is 0. The summed E-state index contributed by atoms with van der Waals surface area (Å²) in [4.78, 5) is 7.22. The number of anilines is 9. The van der Waals surface area contributed by atoms with Crippen LogP contribution in [0.3, 0.4) is 0 Å². The first-order valence-corrected chi connectivity index (χ1v) is 35.9. The van der Waals surface area contributed by atoms with Gasteiger partial charge in [-0.05, 0) is 196 Å². The largest absolute Gasteiger partial charge is 0.310 e. The number of nitrogens with zero attached hydrogens (tertiary/aromatic N) is 3. The molecule has 105 heavy (non-hydrogen) atoms. The molecule has 0 bridgehead atoms. The van der Waals surface area contributed by atoms with Crippen molar-refractivity contribution in [2.75, 3.05) is 14.7 Å². The van der Waals surface area contributed by atoms with Gasteiger partial charge in [0.2, 0.25) is 0 Å². The minimum atomic E-state index is 1.04. The third kappa shape index (κ3) is 13.7. The first-order valence-electron chi connectivity index (χ1n) is 35.9. The van der Waals surface area contributed by atoms with E-state index >= 15 is 0 Å². The van der Waals surface area contributed by atoms with Gasteiger partial charge in [0, 0.05) is 50.6 Å². The van der Waals surface area contributed by atoms with Crippen LogP contribution in [0.4, 0.5) is 51.2 Å². The van der Waals surface area contributed by atoms with Gasteiger partial charge >= 0.3 is 0 Å². The molecule has 0 saturated carbocycles. The van der Waals surface area contributed by atoms with Crippen molar-refractivity contribution >= 4 is 120 Å². The lowest BCUT2D eigenvalue weighted by Gasteiger charge is -2.29. The Bertz CT molecular complexity index is 5930. The fourth-order valence-electron chi connectivity index (χ4n) is 14.7. The summed E-state index contributed by atoms with van der Waals surface area (Å²) in [6.07, 6.45) is 13.1. The molecule has 0 amide bonds. The van der Waals surface area contributed by atoms with E-state index in [1.54, 1.807) is 0 Å². The molecule has 3 heteroatoms. The summed E-state index contributed by atoms with van der Waals surface area (Å²) in [5, 5.41) is 6.96. The van der Waals surface area contributed by atoms with Crippen LogP contribution in [0.25, 0.3) is 113 Å². The highest BCUT2D eigenvalue weighted by Crippen LogP contribution is 2.54. The van der Waals surface area contributed by atoms with Crippen LogP contribution in [-0.4, -0.2) is 0 Å². The van der Waals surface area contributed by atoms with Gasteiger partial charge in [-0.3, -0.25) is 0 Å². The fraction of sp³-hybridized carbons (Fsp3) is 0. The van der Waals surface area contributed by atoms with Gasteiger partial charge in [-0.1, -0.05) is 346 Å². The Balaban J connectivity index is 0.884. The Hall–Kier alpha value is -13.9. The molecule has 0 aromatic heterocycles. The molecule has 0 aliphatic rings. The number of rotatable bonds is 19. The van der Waals surface area contributed by atoms with Crippen molar-refractivity contribution in [2.45, 2.75) is 0 Å². The van der Waals surface area contributed by atoms with Crippen molar-refractivity contribution in [3.63, 3.8) is 0 Å². The SMILES string of the molecule is C(=Cc1ccc(N(c2ccccc2)c2ccc3c(-c4ccccc4)c(-c4ccc(N(c5ccc(C=Cc6ccccc6)cc5)c5cccc6ccccc56)cc4)c(-c4ccc(N(c5ccc(C=Cc6ccccc6)cc5)c5cccc6ccccc56)cc4)c(-c4ccccc4)c3c2)cc1)c1ccccc1. The second-order valence-corrected chi connectivity index (χ2v) is 26.4. The van der Waals surface area contributed by atoms with E-state index in [9.17, 15) is 0 Å². The summed E-state index contributed by atoms with van der Waals surface area (Å²) in [5.74, 6) is 0. The first-order chi connectivity index (χ1) is 52.1. The Morgan fingerprint density at radius 3 is 0.800 bits per heavy atom. The van der Waals surface area contributed by atoms with Gasteiger partial charge in [0.1, 0.15) is 0 Å². The van der Waals surface area contributed by atoms with Crippen LogP contribution >= 0.6 is 0 Å². The van der Waals surface area contributed by atoms with Crippen LogP contribution in [0.15, 0.2) is 406 Å². The maximum atomic E-state index is 2.44. The number of fused-ring (bicyclic) bond motifs is 3. The maximum Gasteiger partial charge on any atom is 0.0540 e. The van der Waals surface area contributed by atoms with E-state index in [-0.39, 0.29) is 0 Å². The van der Waals surface area contributed by atoms with Crippen molar-refractivity contribution in [3.05, 3.63) is 440 Å². The minimum absolute atomic E-state index is 1.04. The maximum absolute atomic E-state index is 2.44. The summed E-state index contributed by atoms with van der Waals surface area (Å²) in [5.41, 5.74) is 25.3. The highest BCUT2D eigenvalue weighted by atomic mass is 15.2. The van der Waals surface area contributed by atoms with Gasteiger partial charge in [0.25, 0.3) is 0 Å². The second kappa shape index (κ2) is 29.8. The number of para-hydroxylation sites is 1. The van der Waals surface area contributed by atoms with Crippen LogP contribution in [-0.2, 0) is 0 Å². The molecule has 0 saturated heterocycles. The Morgan fingerprint density at radius 1 is 0.152 bits per heavy atom. The zero-order valence-corrected chi connectivity index (χ0v) is 58.0. The normalized spacial score (nSPS) is 11.5. The van der Waals surface area contributed by atoms with Crippen LogP contribution in [0, 0.1) is 0 Å². The number of hydrogen-bond donors (Lipinski definition) is 0. The van der Waals surface area contributed by atoms with E-state index in [0.29, 0.717) is 0 Å². The van der Waals surface area contributed by atoms with Crippen LogP contribution in [0.1, 0.15) is 33.4 Å². The van der Waals surface area contributed by atoms with Crippen molar-refractivity contribution in [1.82, 2.24) is 0 Å². The van der Waals surface area contributed by atoms with Gasteiger partial charge in [-0.2, -0.15) is 0 Å². The van der Waals surface area contributed by atoms with E-state index in [2.05, 4.69) is 458 Å². The summed E-state index contributed by atoms with van der Waals surface area (Å²) in [7, 11) is 0. The predicted octanol–water partition coefficient (Wildman–Crippen LogP) is 28.7. The highest BCUT2D eigenvalue weighted by Gasteiger charge is 2.27. The van der Waals surface area contributed by atoms with Crippen LogP contribution in [0.5, 0.6) is 0 Å². The molecule has 17 rings (SSSR count). The molecule has 0 spiro atoms. The van der Waals surface area contributed by atoms with E-state index in [4.69, 9.17) is 0 Å². The van der Waals surface area contributed by atoms with E-state index < -0.39 is 0 Å². The predicted molar refractivity (Wildman–Crippen MR) is 451 cm³/mol. The minimum Gasteiger partial charge on any atom is -0.310 e. The topological polar surface area (TPSA) is 9.72 Å². The molecule has 0 aliphatic heterocycles. The van der Waals surface area contributed by atoms with Gasteiger partial charge in [-0.15, -0.1) is 0 Å². The smallest absolute Gasteiger partial charge is 0.0540 e. The van der Waals surface area contributed by atoms with E-state index in [1.807, 2.05) is 0 Å². The highest BCUT2D eigenvalue weighted by molar-refractivity contribution is 6.19. The number of benzene rings is 17. The standard InChI is InChI=1S/C102H73N3/c1-7-25-74(26-8-1)45-48-77-51-61-87(62-52-77)103(86-39-17-6-18-40-86)92-71-72-95-96(73-92)100(83-35-15-5-16-36-83)102(85-59-69-91(70-60-85)105(98-44-24-38-81-32-20-22-42-94(81)98)89-65-55-79(56-66-89)50-47-76-29-11-3-12-30-76)101(99(95)82-33-13-4-14-34-82)84-57-67-90(68-58-84)104(97-43-23-37-80-31-19-21-41-93(80)97)88-63-53-78(54-64-88)49-46-75-27-9-2-10-28-75/h1-73H. The van der Waals surface area contributed by atoms with E-state index in [1.165, 1.54) is 21.5 Å². The Kier molecular flexibility index (Phi) is 18.3. The van der Waals surface area contributed by atoms with Gasteiger partial charge in [-0.25, -0.2) is 0 Å². The molecular formula is C102H73N3. The zero-order valence-electron chi connectivity index (χ0n) is 58.0. The lowest BCUT2D eigenvalue weighted by molar-refractivity contribution is 1.29. The van der Waals surface area contributed by atoms with E-state index in [0.717, 1.165) is 140 Å². The molecule has 3 nitrogen and oxygen atoms in total. The molecule has 17 aromatic carbocycles. The van der Waals surface area contributed by atoms with Crippen molar-refractivity contribution in [1.29, 1.82) is 0 Å². The Labute approximate surface area is 615 Å². The molecule has 496 valence electrons. The Morgan fingerprint density at radius 2 is 0.419 bits per heavy atom. The molecular weight excluding hydrogens is 1270 g/mol. The second-order valence-electron chi connectivity index (χ2n) is 26.4. The molecule has 0 heterocycles. The van der Waals surface area contributed by atoms with Gasteiger partial charge < -0.3 is 14.7 Å². The van der Waals surface area contributed by atoms with Gasteiger partial charge in [0.05, 0.1) is 11.4 Å². The first kappa shape index (κ1) is 64.5. The molecule has 0 N–H and O–H groups in total.